The number of rotatable bonds is 6. The molecule has 1 saturated heterocycles. The fourth-order valence-electron chi connectivity index (χ4n) is 3.63. The summed E-state index contributed by atoms with van der Waals surface area (Å²) in [6.07, 6.45) is 11.2. The van der Waals surface area contributed by atoms with E-state index in [-0.39, 0.29) is 5.82 Å². The number of halogens is 2. The van der Waals surface area contributed by atoms with Gasteiger partial charge in [-0.1, -0.05) is 24.1 Å². The van der Waals surface area contributed by atoms with Crippen LogP contribution in [0.3, 0.4) is 0 Å². The van der Waals surface area contributed by atoms with Crippen molar-refractivity contribution in [1.82, 2.24) is 24.6 Å². The molecule has 0 bridgehead atoms. The number of allylic oxidation sites excluding steroid dienone is 3. The van der Waals surface area contributed by atoms with Gasteiger partial charge in [-0.05, 0) is 38.1 Å². The van der Waals surface area contributed by atoms with Crippen molar-refractivity contribution in [3.05, 3.63) is 35.8 Å². The largest absolute Gasteiger partial charge is 0.301 e. The minimum atomic E-state index is -3.83. The zero-order valence-electron chi connectivity index (χ0n) is 15.7. The van der Waals surface area contributed by atoms with E-state index < -0.39 is 20.7 Å². The molecule has 156 valence electrons. The van der Waals surface area contributed by atoms with Crippen molar-refractivity contribution < 1.29 is 8.42 Å². The lowest BCUT2D eigenvalue weighted by atomic mass is 10.1. The van der Waals surface area contributed by atoms with Gasteiger partial charge < -0.3 is 4.90 Å². The van der Waals surface area contributed by atoms with Crippen LogP contribution in [0.5, 0.6) is 0 Å². The average molecular weight is 457 g/mol. The molecule has 11 heteroatoms. The molecule has 1 fully saturated rings. The molecule has 1 aliphatic carbocycles. The summed E-state index contributed by atoms with van der Waals surface area (Å²) in [6.45, 7) is 3.78. The van der Waals surface area contributed by atoms with E-state index in [2.05, 4.69) is 24.7 Å². The van der Waals surface area contributed by atoms with Gasteiger partial charge in [0.2, 0.25) is 10.0 Å². The molecule has 1 aliphatic heterocycles. The lowest BCUT2D eigenvalue weighted by molar-refractivity contribution is 0.219. The first-order valence-corrected chi connectivity index (χ1v) is 11.9. The average Bonchev–Trinajstić information content (AvgIpc) is 3.11. The first-order valence-electron chi connectivity index (χ1n) is 9.54. The number of sulfonamides is 1. The number of hydrogen-bond donors (Lipinski definition) is 1. The molecule has 2 atom stereocenters. The van der Waals surface area contributed by atoms with Crippen LogP contribution in [-0.4, -0.2) is 63.3 Å². The summed E-state index contributed by atoms with van der Waals surface area (Å²) in [6, 6.07) is 0. The van der Waals surface area contributed by atoms with E-state index in [0.717, 1.165) is 19.6 Å². The van der Waals surface area contributed by atoms with Crippen LogP contribution in [0.1, 0.15) is 19.3 Å². The SMILES string of the molecule is O=S(=O)(Nc1ncnc2c1cnn2CCN1CCCCC1)C1C=CC(Cl)=CC1Cl. The maximum Gasteiger partial charge on any atom is 0.242 e. The van der Waals surface area contributed by atoms with Gasteiger partial charge in [0, 0.05) is 11.6 Å². The van der Waals surface area contributed by atoms with Crippen LogP contribution in [0.15, 0.2) is 35.8 Å². The summed E-state index contributed by atoms with van der Waals surface area (Å²) in [5.41, 5.74) is 0.597. The molecule has 2 unspecified atom stereocenters. The number of fused-ring (bicyclic) bond motifs is 1. The Labute approximate surface area is 179 Å². The molecular formula is C18H22Cl2N6O2S. The molecule has 2 aliphatic rings. The number of anilines is 1. The summed E-state index contributed by atoms with van der Waals surface area (Å²) in [4.78, 5) is 10.8. The molecule has 2 aromatic rings. The smallest absolute Gasteiger partial charge is 0.242 e. The summed E-state index contributed by atoms with van der Waals surface area (Å²) >= 11 is 12.1. The molecule has 2 aromatic heterocycles. The predicted octanol–water partition coefficient (Wildman–Crippen LogP) is 2.72. The van der Waals surface area contributed by atoms with Gasteiger partial charge in [0.15, 0.2) is 11.5 Å². The summed E-state index contributed by atoms with van der Waals surface area (Å²) in [5, 5.41) is 3.63. The highest BCUT2D eigenvalue weighted by Crippen LogP contribution is 2.27. The Morgan fingerprint density at radius 2 is 1.97 bits per heavy atom. The third-order valence-corrected chi connectivity index (χ3v) is 7.63. The fourth-order valence-corrected chi connectivity index (χ4v) is 5.80. The Morgan fingerprint density at radius 3 is 2.72 bits per heavy atom. The standard InChI is InChI=1S/C18H22Cl2N6O2S/c19-13-4-5-16(15(20)10-13)29(27,28)24-17-14-11-23-26(18(14)22-12-21-17)9-8-25-6-2-1-3-7-25/h4-5,10-12,15-16H,1-3,6-9H2,(H,21,22,24). The molecule has 8 nitrogen and oxygen atoms in total. The molecule has 0 saturated carbocycles. The third-order valence-electron chi connectivity index (χ3n) is 5.18. The van der Waals surface area contributed by atoms with E-state index >= 15 is 0 Å². The first kappa shape index (κ1) is 20.6. The molecule has 3 heterocycles. The first-order chi connectivity index (χ1) is 13.9. The van der Waals surface area contributed by atoms with Gasteiger partial charge in [0.05, 0.1) is 23.5 Å². The molecule has 4 rings (SSSR count). The van der Waals surface area contributed by atoms with Gasteiger partial charge in [0.1, 0.15) is 11.6 Å². The van der Waals surface area contributed by atoms with Crippen molar-refractivity contribution in [2.45, 2.75) is 36.4 Å². The van der Waals surface area contributed by atoms with Crippen LogP contribution in [0.25, 0.3) is 11.0 Å². The minimum absolute atomic E-state index is 0.192. The zero-order chi connectivity index (χ0) is 20.4. The number of likely N-dealkylation sites (tertiary alicyclic amines) is 1. The van der Waals surface area contributed by atoms with Gasteiger partial charge in [-0.15, -0.1) is 11.6 Å². The van der Waals surface area contributed by atoms with Crippen molar-refractivity contribution in [1.29, 1.82) is 0 Å². The van der Waals surface area contributed by atoms with E-state index in [4.69, 9.17) is 23.2 Å². The molecule has 0 amide bonds. The van der Waals surface area contributed by atoms with Gasteiger partial charge in [0.25, 0.3) is 0 Å². The number of hydrogen-bond acceptors (Lipinski definition) is 6. The number of piperidine rings is 1. The van der Waals surface area contributed by atoms with Crippen molar-refractivity contribution in [3.8, 4) is 0 Å². The number of alkyl halides is 1. The molecule has 0 radical (unpaired) electrons. The topological polar surface area (TPSA) is 93.0 Å². The monoisotopic (exact) mass is 456 g/mol. The highest BCUT2D eigenvalue weighted by molar-refractivity contribution is 7.93. The fraction of sp³-hybridized carbons (Fsp3) is 0.500. The van der Waals surface area contributed by atoms with Crippen molar-refractivity contribution in [2.24, 2.45) is 0 Å². The number of nitrogens with zero attached hydrogens (tertiary/aromatic N) is 5. The second-order valence-electron chi connectivity index (χ2n) is 7.20. The highest BCUT2D eigenvalue weighted by atomic mass is 35.5. The summed E-state index contributed by atoms with van der Waals surface area (Å²) in [7, 11) is -3.83. The molecule has 1 N–H and O–H groups in total. The summed E-state index contributed by atoms with van der Waals surface area (Å²) in [5.74, 6) is 0.192. The molecule has 0 aromatic carbocycles. The van der Waals surface area contributed by atoms with Gasteiger partial charge in [-0.25, -0.2) is 23.1 Å². The molecule has 0 spiro atoms. The van der Waals surface area contributed by atoms with Crippen LogP contribution in [-0.2, 0) is 16.6 Å². The second kappa shape index (κ2) is 8.59. The van der Waals surface area contributed by atoms with Crippen LogP contribution in [0, 0.1) is 0 Å². The quantitative estimate of drug-likeness (QED) is 0.671. The third kappa shape index (κ3) is 4.58. The Balaban J connectivity index is 1.52. The van der Waals surface area contributed by atoms with Crippen LogP contribution in [0.4, 0.5) is 5.82 Å². The maximum absolute atomic E-state index is 12.8. The molecular weight excluding hydrogens is 435 g/mol. The van der Waals surface area contributed by atoms with Gasteiger partial charge in [-0.2, -0.15) is 5.10 Å². The van der Waals surface area contributed by atoms with Crippen molar-refractivity contribution in [3.63, 3.8) is 0 Å². The van der Waals surface area contributed by atoms with E-state index in [1.54, 1.807) is 10.9 Å². The van der Waals surface area contributed by atoms with Gasteiger partial charge in [-0.3, -0.25) is 4.72 Å². The van der Waals surface area contributed by atoms with Crippen LogP contribution < -0.4 is 4.72 Å². The number of aromatic nitrogens is 4. The van der Waals surface area contributed by atoms with E-state index in [1.165, 1.54) is 43.8 Å². The van der Waals surface area contributed by atoms with Crippen LogP contribution in [0.2, 0.25) is 0 Å². The van der Waals surface area contributed by atoms with Gasteiger partial charge >= 0.3 is 0 Å². The van der Waals surface area contributed by atoms with E-state index in [1.807, 2.05) is 0 Å². The predicted molar refractivity (Wildman–Crippen MR) is 115 cm³/mol. The Morgan fingerprint density at radius 1 is 1.17 bits per heavy atom. The lowest BCUT2D eigenvalue weighted by Gasteiger charge is -2.26. The second-order valence-corrected chi connectivity index (χ2v) is 9.98. The Bertz CT molecular complexity index is 1050. The van der Waals surface area contributed by atoms with E-state index in [9.17, 15) is 8.42 Å². The summed E-state index contributed by atoms with van der Waals surface area (Å²) < 4.78 is 30.0. The zero-order valence-corrected chi connectivity index (χ0v) is 18.0. The van der Waals surface area contributed by atoms with E-state index in [0.29, 0.717) is 22.6 Å². The Kier molecular flexibility index (Phi) is 6.10. The minimum Gasteiger partial charge on any atom is -0.301 e. The normalized spacial score (nSPS) is 23.3. The highest BCUT2D eigenvalue weighted by Gasteiger charge is 2.32. The Hall–Kier alpha value is -1.68. The van der Waals surface area contributed by atoms with Crippen molar-refractivity contribution in [2.75, 3.05) is 24.4 Å². The maximum atomic E-state index is 12.8. The van der Waals surface area contributed by atoms with Crippen LogP contribution >= 0.6 is 23.2 Å². The molecule has 29 heavy (non-hydrogen) atoms. The number of nitrogens with one attached hydrogen (secondary N) is 1. The lowest BCUT2D eigenvalue weighted by Crippen LogP contribution is -2.34. The van der Waals surface area contributed by atoms with Crippen molar-refractivity contribution >= 4 is 50.1 Å².